The molecule has 1 aromatic rings. The van der Waals surface area contributed by atoms with Crippen LogP contribution >= 0.6 is 11.6 Å². The van der Waals surface area contributed by atoms with E-state index in [1.165, 1.54) is 6.07 Å². The van der Waals surface area contributed by atoms with Crippen molar-refractivity contribution in [2.75, 3.05) is 0 Å². The van der Waals surface area contributed by atoms with Gasteiger partial charge in [-0.15, -0.1) is 0 Å². The van der Waals surface area contributed by atoms with Gasteiger partial charge in [0.05, 0.1) is 5.60 Å². The summed E-state index contributed by atoms with van der Waals surface area (Å²) in [5.74, 6) is -0.320. The topological polar surface area (TPSA) is 20.2 Å². The van der Waals surface area contributed by atoms with Crippen molar-refractivity contribution in [2.45, 2.75) is 51.6 Å². The highest BCUT2D eigenvalue weighted by atomic mass is 35.5. The van der Waals surface area contributed by atoms with Crippen molar-refractivity contribution < 1.29 is 9.50 Å². The summed E-state index contributed by atoms with van der Waals surface area (Å²) in [5.41, 5.74) is -0.266. The van der Waals surface area contributed by atoms with Gasteiger partial charge in [0.2, 0.25) is 0 Å². The zero-order valence-electron chi connectivity index (χ0n) is 11.0. The Labute approximate surface area is 113 Å². The van der Waals surface area contributed by atoms with Crippen LogP contribution in [0.2, 0.25) is 5.02 Å². The van der Waals surface area contributed by atoms with Gasteiger partial charge in [-0.2, -0.15) is 0 Å². The molecule has 2 rings (SSSR count). The van der Waals surface area contributed by atoms with E-state index in [9.17, 15) is 9.50 Å². The first-order valence-electron chi connectivity index (χ1n) is 6.47. The molecule has 0 bridgehead atoms. The SMILES string of the molecule is CC1(C)CCCC(O)(Cc2c(F)cccc2Cl)C1. The summed E-state index contributed by atoms with van der Waals surface area (Å²) < 4.78 is 13.8. The van der Waals surface area contributed by atoms with Gasteiger partial charge in [-0.1, -0.05) is 37.9 Å². The van der Waals surface area contributed by atoms with Crippen molar-refractivity contribution in [1.29, 1.82) is 0 Å². The molecule has 0 aliphatic heterocycles. The Balaban J connectivity index is 2.22. The molecule has 0 radical (unpaired) electrons. The lowest BCUT2D eigenvalue weighted by molar-refractivity contribution is -0.0387. The van der Waals surface area contributed by atoms with Gasteiger partial charge in [0.15, 0.2) is 0 Å². The number of hydrogen-bond donors (Lipinski definition) is 1. The second kappa shape index (κ2) is 4.82. The Kier molecular flexibility index (Phi) is 3.70. The predicted molar refractivity (Wildman–Crippen MR) is 72.3 cm³/mol. The summed E-state index contributed by atoms with van der Waals surface area (Å²) in [6.45, 7) is 4.31. The van der Waals surface area contributed by atoms with Crippen molar-refractivity contribution in [3.63, 3.8) is 0 Å². The van der Waals surface area contributed by atoms with Crippen molar-refractivity contribution in [2.24, 2.45) is 5.41 Å². The molecule has 1 nitrogen and oxygen atoms in total. The molecule has 0 saturated heterocycles. The van der Waals surface area contributed by atoms with Gasteiger partial charge in [-0.05, 0) is 36.8 Å². The van der Waals surface area contributed by atoms with Gasteiger partial charge in [0.25, 0.3) is 0 Å². The van der Waals surface area contributed by atoms with Gasteiger partial charge in [-0.3, -0.25) is 0 Å². The van der Waals surface area contributed by atoms with Crippen LogP contribution in [0.1, 0.15) is 45.1 Å². The minimum Gasteiger partial charge on any atom is -0.390 e. The monoisotopic (exact) mass is 270 g/mol. The summed E-state index contributed by atoms with van der Waals surface area (Å²) in [4.78, 5) is 0. The largest absolute Gasteiger partial charge is 0.390 e. The predicted octanol–water partition coefficient (Wildman–Crippen LogP) is 4.35. The van der Waals surface area contributed by atoms with E-state index in [0.29, 0.717) is 23.4 Å². The summed E-state index contributed by atoms with van der Waals surface area (Å²) >= 11 is 6.03. The fraction of sp³-hybridized carbons (Fsp3) is 0.600. The number of hydrogen-bond acceptors (Lipinski definition) is 1. The maximum atomic E-state index is 13.8. The summed E-state index contributed by atoms with van der Waals surface area (Å²) in [7, 11) is 0. The molecule has 1 saturated carbocycles. The molecule has 1 aromatic carbocycles. The van der Waals surface area contributed by atoms with Crippen LogP contribution in [-0.2, 0) is 6.42 Å². The molecule has 3 heteroatoms. The normalized spacial score (nSPS) is 27.2. The number of aliphatic hydroxyl groups is 1. The standard InChI is InChI=1S/C15H20ClFO/c1-14(2)7-4-8-15(18,10-14)9-11-12(16)5-3-6-13(11)17/h3,5-6,18H,4,7-10H2,1-2H3. The highest BCUT2D eigenvalue weighted by Gasteiger charge is 2.39. The lowest BCUT2D eigenvalue weighted by Gasteiger charge is -2.41. The van der Waals surface area contributed by atoms with Crippen molar-refractivity contribution in [3.8, 4) is 0 Å². The third-order valence-corrected chi connectivity index (χ3v) is 4.22. The van der Waals surface area contributed by atoms with Crippen LogP contribution in [0.4, 0.5) is 4.39 Å². The average molecular weight is 271 g/mol. The van der Waals surface area contributed by atoms with Crippen LogP contribution in [0.15, 0.2) is 18.2 Å². The molecule has 0 spiro atoms. The summed E-state index contributed by atoms with van der Waals surface area (Å²) in [6.07, 6.45) is 3.82. The summed E-state index contributed by atoms with van der Waals surface area (Å²) in [5, 5.41) is 11.1. The lowest BCUT2D eigenvalue weighted by Crippen LogP contribution is -2.41. The van der Waals surface area contributed by atoms with E-state index in [4.69, 9.17) is 11.6 Å². The number of benzene rings is 1. The molecular weight excluding hydrogens is 251 g/mol. The first kappa shape index (κ1) is 13.8. The second-order valence-electron chi connectivity index (χ2n) is 6.30. The maximum absolute atomic E-state index is 13.8. The van der Waals surface area contributed by atoms with Gasteiger partial charge >= 0.3 is 0 Å². The Morgan fingerprint density at radius 1 is 1.33 bits per heavy atom. The van der Waals surface area contributed by atoms with Crippen molar-refractivity contribution in [1.82, 2.24) is 0 Å². The third-order valence-electron chi connectivity index (χ3n) is 3.87. The highest BCUT2D eigenvalue weighted by Crippen LogP contribution is 2.43. The van der Waals surface area contributed by atoms with Gasteiger partial charge in [0, 0.05) is 17.0 Å². The van der Waals surface area contributed by atoms with Crippen LogP contribution in [-0.4, -0.2) is 10.7 Å². The van der Waals surface area contributed by atoms with Gasteiger partial charge < -0.3 is 5.11 Å². The Hall–Kier alpha value is -0.600. The van der Waals surface area contributed by atoms with E-state index in [1.54, 1.807) is 12.1 Å². The first-order valence-corrected chi connectivity index (χ1v) is 6.84. The van der Waals surface area contributed by atoms with E-state index in [1.807, 2.05) is 0 Å². The summed E-state index contributed by atoms with van der Waals surface area (Å²) in [6, 6.07) is 4.67. The maximum Gasteiger partial charge on any atom is 0.127 e. The van der Waals surface area contributed by atoms with Crippen LogP contribution in [0.3, 0.4) is 0 Å². The molecular formula is C15H20ClFO. The van der Waals surface area contributed by atoms with Crippen molar-refractivity contribution in [3.05, 3.63) is 34.6 Å². The molecule has 1 atom stereocenters. The van der Waals surface area contributed by atoms with E-state index in [-0.39, 0.29) is 11.2 Å². The van der Waals surface area contributed by atoms with E-state index in [2.05, 4.69) is 13.8 Å². The fourth-order valence-corrected chi connectivity index (χ4v) is 3.37. The van der Waals surface area contributed by atoms with E-state index >= 15 is 0 Å². The minimum absolute atomic E-state index is 0.116. The lowest BCUT2D eigenvalue weighted by atomic mass is 9.68. The number of halogens is 2. The molecule has 1 unspecified atom stereocenters. The molecule has 0 amide bonds. The molecule has 18 heavy (non-hydrogen) atoms. The molecule has 0 aromatic heterocycles. The molecule has 0 heterocycles. The third kappa shape index (κ3) is 3.04. The van der Waals surface area contributed by atoms with Crippen LogP contribution in [0, 0.1) is 11.2 Å². The molecule has 1 fully saturated rings. The fourth-order valence-electron chi connectivity index (χ4n) is 3.14. The quantitative estimate of drug-likeness (QED) is 0.847. The van der Waals surface area contributed by atoms with Crippen LogP contribution < -0.4 is 0 Å². The number of rotatable bonds is 2. The zero-order chi connectivity index (χ0) is 13.4. The zero-order valence-corrected chi connectivity index (χ0v) is 11.7. The van der Waals surface area contributed by atoms with Crippen LogP contribution in [0.25, 0.3) is 0 Å². The molecule has 1 aliphatic rings. The average Bonchev–Trinajstić information content (AvgIpc) is 2.22. The van der Waals surface area contributed by atoms with Gasteiger partial charge in [-0.25, -0.2) is 4.39 Å². The van der Waals surface area contributed by atoms with Crippen molar-refractivity contribution >= 4 is 11.6 Å². The highest BCUT2D eigenvalue weighted by molar-refractivity contribution is 6.31. The Bertz CT molecular complexity index is 424. The molecule has 100 valence electrons. The first-order chi connectivity index (χ1) is 8.31. The Morgan fingerprint density at radius 3 is 2.67 bits per heavy atom. The van der Waals surface area contributed by atoms with E-state index < -0.39 is 5.60 Å². The van der Waals surface area contributed by atoms with Crippen LogP contribution in [0.5, 0.6) is 0 Å². The smallest absolute Gasteiger partial charge is 0.127 e. The Morgan fingerprint density at radius 2 is 2.06 bits per heavy atom. The van der Waals surface area contributed by atoms with Gasteiger partial charge in [0.1, 0.15) is 5.82 Å². The van der Waals surface area contributed by atoms with E-state index in [0.717, 1.165) is 19.3 Å². The minimum atomic E-state index is -0.826. The second-order valence-corrected chi connectivity index (χ2v) is 6.70. The molecule has 1 aliphatic carbocycles. The molecule has 1 N–H and O–H groups in total.